The fourth-order valence-corrected chi connectivity index (χ4v) is 3.85. The molecule has 1 aromatic heterocycles. The molecule has 1 N–H and O–H groups in total. The molecule has 2 aromatic rings. The maximum Gasteiger partial charge on any atom is 0.227 e. The number of carbonyl (C=O) groups is 2. The Kier molecular flexibility index (Phi) is 4.76. The Morgan fingerprint density at radius 3 is 2.93 bits per heavy atom. The molecule has 0 bridgehead atoms. The van der Waals surface area contributed by atoms with Crippen LogP contribution in [0.25, 0.3) is 11.0 Å². The first-order valence-electron chi connectivity index (χ1n) is 9.70. The maximum atomic E-state index is 12.9. The summed E-state index contributed by atoms with van der Waals surface area (Å²) in [7, 11) is 1.64. The SMILES string of the molecule is CCN(CCc1nc2ccc(OC)cc2[nH]1)C(=O)[C@H]1CC(=O)N(C2CC2)C1. The molecule has 1 atom stereocenters. The van der Waals surface area contributed by atoms with Crippen LogP contribution < -0.4 is 4.74 Å². The van der Waals surface area contributed by atoms with Gasteiger partial charge in [0, 0.05) is 44.6 Å². The summed E-state index contributed by atoms with van der Waals surface area (Å²) in [6.45, 7) is 3.81. The van der Waals surface area contributed by atoms with Crippen LogP contribution in [-0.4, -0.2) is 64.4 Å². The van der Waals surface area contributed by atoms with Gasteiger partial charge in [0.25, 0.3) is 0 Å². The molecule has 1 saturated carbocycles. The standard InChI is InChI=1S/C20H26N4O3/c1-3-23(20(26)13-10-19(25)24(12-13)14-4-5-14)9-8-18-21-16-7-6-15(27-2)11-17(16)22-18/h6-7,11,13-14H,3-5,8-10,12H2,1-2H3,(H,21,22)/t13-/m0/s1. The lowest BCUT2D eigenvalue weighted by molar-refractivity contribution is -0.135. The van der Waals surface area contributed by atoms with Crippen molar-refractivity contribution in [2.75, 3.05) is 26.7 Å². The van der Waals surface area contributed by atoms with Crippen LogP contribution in [0.4, 0.5) is 0 Å². The maximum absolute atomic E-state index is 12.9. The number of carbonyl (C=O) groups excluding carboxylic acids is 2. The Balaban J connectivity index is 1.38. The highest BCUT2D eigenvalue weighted by atomic mass is 16.5. The van der Waals surface area contributed by atoms with E-state index in [1.807, 2.05) is 34.9 Å². The van der Waals surface area contributed by atoms with Crippen molar-refractivity contribution in [3.63, 3.8) is 0 Å². The number of nitrogens with one attached hydrogen (secondary N) is 1. The molecule has 1 aliphatic carbocycles. The number of aromatic nitrogens is 2. The quantitative estimate of drug-likeness (QED) is 0.808. The first-order valence-corrected chi connectivity index (χ1v) is 9.70. The molecule has 27 heavy (non-hydrogen) atoms. The van der Waals surface area contributed by atoms with E-state index in [4.69, 9.17) is 4.74 Å². The third-order valence-electron chi connectivity index (χ3n) is 5.55. The van der Waals surface area contributed by atoms with Gasteiger partial charge in [0.1, 0.15) is 11.6 Å². The Hall–Kier alpha value is -2.57. The van der Waals surface area contributed by atoms with E-state index in [0.29, 0.717) is 38.5 Å². The second-order valence-corrected chi connectivity index (χ2v) is 7.41. The van der Waals surface area contributed by atoms with Crippen molar-refractivity contribution in [2.45, 2.75) is 38.6 Å². The fourth-order valence-electron chi connectivity index (χ4n) is 3.85. The summed E-state index contributed by atoms with van der Waals surface area (Å²) in [5, 5.41) is 0. The van der Waals surface area contributed by atoms with Crippen LogP contribution in [-0.2, 0) is 16.0 Å². The number of hydrogen-bond acceptors (Lipinski definition) is 4. The minimum atomic E-state index is -0.196. The second kappa shape index (κ2) is 7.21. The van der Waals surface area contributed by atoms with Gasteiger partial charge in [0.15, 0.2) is 0 Å². The summed E-state index contributed by atoms with van der Waals surface area (Å²) in [6, 6.07) is 6.12. The minimum Gasteiger partial charge on any atom is -0.497 e. The molecule has 2 amide bonds. The van der Waals surface area contributed by atoms with Crippen LogP contribution in [0.2, 0.25) is 0 Å². The van der Waals surface area contributed by atoms with E-state index in [0.717, 1.165) is 35.4 Å². The first-order chi connectivity index (χ1) is 13.1. The van der Waals surface area contributed by atoms with E-state index in [9.17, 15) is 9.59 Å². The van der Waals surface area contributed by atoms with Gasteiger partial charge < -0.3 is 19.5 Å². The predicted molar refractivity (Wildman–Crippen MR) is 101 cm³/mol. The van der Waals surface area contributed by atoms with Gasteiger partial charge in [-0.15, -0.1) is 0 Å². The van der Waals surface area contributed by atoms with Crippen LogP contribution in [0.3, 0.4) is 0 Å². The summed E-state index contributed by atoms with van der Waals surface area (Å²) in [5.74, 6) is 1.67. The number of imidazole rings is 1. The number of fused-ring (bicyclic) bond motifs is 1. The normalized spacial score (nSPS) is 19.7. The number of likely N-dealkylation sites (tertiary alicyclic amines) is 1. The molecule has 7 heteroatoms. The summed E-state index contributed by atoms with van der Waals surface area (Å²) in [5.41, 5.74) is 1.82. The van der Waals surface area contributed by atoms with Crippen molar-refractivity contribution >= 4 is 22.8 Å². The van der Waals surface area contributed by atoms with Gasteiger partial charge in [-0.05, 0) is 31.9 Å². The molecule has 0 radical (unpaired) electrons. The molecule has 1 aliphatic heterocycles. The molecule has 1 aromatic carbocycles. The highest BCUT2D eigenvalue weighted by Gasteiger charge is 2.42. The first kappa shape index (κ1) is 17.8. The number of benzene rings is 1. The highest BCUT2D eigenvalue weighted by Crippen LogP contribution is 2.33. The smallest absolute Gasteiger partial charge is 0.227 e. The van der Waals surface area contributed by atoms with Gasteiger partial charge in [-0.2, -0.15) is 0 Å². The number of likely N-dealkylation sites (N-methyl/N-ethyl adjacent to an activating group) is 1. The zero-order valence-electron chi connectivity index (χ0n) is 15.9. The van der Waals surface area contributed by atoms with Gasteiger partial charge in [-0.3, -0.25) is 9.59 Å². The van der Waals surface area contributed by atoms with Crippen molar-refractivity contribution in [1.82, 2.24) is 19.8 Å². The molecule has 2 aliphatic rings. The summed E-state index contributed by atoms with van der Waals surface area (Å²) in [4.78, 5) is 36.7. The number of H-pyrrole nitrogens is 1. The number of ether oxygens (including phenoxy) is 1. The number of hydrogen-bond donors (Lipinski definition) is 1. The van der Waals surface area contributed by atoms with Crippen LogP contribution in [0, 0.1) is 5.92 Å². The molecule has 7 nitrogen and oxygen atoms in total. The zero-order valence-corrected chi connectivity index (χ0v) is 15.9. The van der Waals surface area contributed by atoms with Crippen molar-refractivity contribution < 1.29 is 14.3 Å². The molecule has 144 valence electrons. The van der Waals surface area contributed by atoms with Crippen molar-refractivity contribution in [3.8, 4) is 5.75 Å². The monoisotopic (exact) mass is 370 g/mol. The summed E-state index contributed by atoms with van der Waals surface area (Å²) in [6.07, 6.45) is 3.18. The number of amides is 2. The van der Waals surface area contributed by atoms with Crippen molar-refractivity contribution in [1.29, 1.82) is 0 Å². The van der Waals surface area contributed by atoms with Gasteiger partial charge in [0.2, 0.25) is 11.8 Å². The molecule has 0 spiro atoms. The number of nitrogens with zero attached hydrogens (tertiary/aromatic N) is 3. The van der Waals surface area contributed by atoms with Crippen molar-refractivity contribution in [3.05, 3.63) is 24.0 Å². The Labute approximate surface area is 158 Å². The number of rotatable bonds is 7. The van der Waals surface area contributed by atoms with Crippen LogP contribution >= 0.6 is 0 Å². The van der Waals surface area contributed by atoms with Gasteiger partial charge in [-0.1, -0.05) is 0 Å². The minimum absolute atomic E-state index is 0.0896. The summed E-state index contributed by atoms with van der Waals surface area (Å²) >= 11 is 0. The average Bonchev–Trinajstić information content (AvgIpc) is 3.32. The molecule has 1 saturated heterocycles. The van der Waals surface area contributed by atoms with E-state index in [2.05, 4.69) is 9.97 Å². The molecular weight excluding hydrogens is 344 g/mol. The van der Waals surface area contributed by atoms with E-state index < -0.39 is 0 Å². The number of aromatic amines is 1. The van der Waals surface area contributed by atoms with Crippen LogP contribution in [0.15, 0.2) is 18.2 Å². The highest BCUT2D eigenvalue weighted by molar-refractivity contribution is 5.89. The average molecular weight is 370 g/mol. The largest absolute Gasteiger partial charge is 0.497 e. The zero-order chi connectivity index (χ0) is 19.0. The van der Waals surface area contributed by atoms with E-state index in [1.54, 1.807) is 7.11 Å². The van der Waals surface area contributed by atoms with Gasteiger partial charge >= 0.3 is 0 Å². The van der Waals surface area contributed by atoms with Gasteiger partial charge in [-0.25, -0.2) is 4.98 Å². The Morgan fingerprint density at radius 2 is 2.22 bits per heavy atom. The topological polar surface area (TPSA) is 78.5 Å². The molecular formula is C20H26N4O3. The van der Waals surface area contributed by atoms with E-state index >= 15 is 0 Å². The predicted octanol–water partition coefficient (Wildman–Crippen LogP) is 1.97. The lowest BCUT2D eigenvalue weighted by atomic mass is 10.1. The number of methoxy groups -OCH3 is 1. The molecule has 2 fully saturated rings. The van der Waals surface area contributed by atoms with Crippen LogP contribution in [0.5, 0.6) is 5.75 Å². The van der Waals surface area contributed by atoms with Crippen LogP contribution in [0.1, 0.15) is 32.0 Å². The molecule has 2 heterocycles. The second-order valence-electron chi connectivity index (χ2n) is 7.41. The Bertz CT molecular complexity index is 858. The lowest BCUT2D eigenvalue weighted by Gasteiger charge is -2.24. The van der Waals surface area contributed by atoms with E-state index in [-0.39, 0.29) is 17.7 Å². The lowest BCUT2D eigenvalue weighted by Crippen LogP contribution is -2.39. The molecule has 4 rings (SSSR count). The summed E-state index contributed by atoms with van der Waals surface area (Å²) < 4.78 is 5.24. The van der Waals surface area contributed by atoms with Gasteiger partial charge in [0.05, 0.1) is 24.1 Å². The fraction of sp³-hybridized carbons (Fsp3) is 0.550. The third kappa shape index (κ3) is 3.63. The Morgan fingerprint density at radius 1 is 1.41 bits per heavy atom. The molecule has 0 unspecified atom stereocenters. The van der Waals surface area contributed by atoms with E-state index in [1.165, 1.54) is 0 Å². The third-order valence-corrected chi connectivity index (χ3v) is 5.55. The van der Waals surface area contributed by atoms with Crippen molar-refractivity contribution in [2.24, 2.45) is 5.92 Å².